The number of rotatable bonds is 4. The van der Waals surface area contributed by atoms with Gasteiger partial charge in [0.2, 0.25) is 5.91 Å². The molecule has 0 unspecified atom stereocenters. The molecule has 9 heteroatoms. The van der Waals surface area contributed by atoms with E-state index in [0.29, 0.717) is 18.5 Å². The number of nitrogens with one attached hydrogen (secondary N) is 1. The average molecular weight is 462 g/mol. The minimum absolute atomic E-state index is 0.0658. The Bertz CT molecular complexity index is 1270. The number of fused-ring (bicyclic) bond motifs is 4. The fraction of sp³-hybridized carbons (Fsp3) is 0.458. The van der Waals surface area contributed by atoms with Crippen molar-refractivity contribution < 1.29 is 4.79 Å². The van der Waals surface area contributed by atoms with E-state index in [0.717, 1.165) is 71.8 Å². The molecular weight excluding hydrogens is 434 g/mol. The highest BCUT2D eigenvalue weighted by Gasteiger charge is 2.35. The molecule has 1 aliphatic carbocycles. The fourth-order valence-corrected chi connectivity index (χ4v) is 6.49. The minimum atomic E-state index is 0.0658. The number of anilines is 2. The van der Waals surface area contributed by atoms with Gasteiger partial charge in [0.05, 0.1) is 29.5 Å². The first-order valence-corrected chi connectivity index (χ1v) is 12.3. The number of aliphatic imine (C=N–C) groups is 1. The molecule has 0 aromatic carbocycles. The summed E-state index contributed by atoms with van der Waals surface area (Å²) < 4.78 is 0. The van der Waals surface area contributed by atoms with Gasteiger partial charge in [-0.1, -0.05) is 0 Å². The predicted octanol–water partition coefficient (Wildman–Crippen LogP) is 3.03. The maximum absolute atomic E-state index is 13.2. The van der Waals surface area contributed by atoms with Gasteiger partial charge in [0, 0.05) is 41.7 Å². The number of pyridine rings is 1. The van der Waals surface area contributed by atoms with Crippen molar-refractivity contribution in [2.24, 2.45) is 10.9 Å². The lowest BCUT2D eigenvalue weighted by Gasteiger charge is -2.27. The second kappa shape index (κ2) is 8.14. The lowest BCUT2D eigenvalue weighted by atomic mass is 9.87. The summed E-state index contributed by atoms with van der Waals surface area (Å²) >= 11 is 1.71. The van der Waals surface area contributed by atoms with Crippen molar-refractivity contribution in [3.8, 4) is 0 Å². The predicted molar refractivity (Wildman–Crippen MR) is 130 cm³/mol. The molecule has 33 heavy (non-hydrogen) atoms. The van der Waals surface area contributed by atoms with Gasteiger partial charge in [-0.25, -0.2) is 9.97 Å². The maximum atomic E-state index is 13.2. The van der Waals surface area contributed by atoms with Gasteiger partial charge in [-0.15, -0.1) is 11.3 Å². The van der Waals surface area contributed by atoms with Gasteiger partial charge in [0.25, 0.3) is 0 Å². The number of nitrogens with zero attached hydrogens (tertiary/aromatic N) is 6. The van der Waals surface area contributed by atoms with Crippen LogP contribution in [0.5, 0.6) is 0 Å². The van der Waals surface area contributed by atoms with Crippen molar-refractivity contribution in [3.05, 3.63) is 40.3 Å². The van der Waals surface area contributed by atoms with E-state index in [-0.39, 0.29) is 5.92 Å². The highest BCUT2D eigenvalue weighted by atomic mass is 32.1. The first kappa shape index (κ1) is 20.7. The molecule has 6 rings (SSSR count). The van der Waals surface area contributed by atoms with E-state index in [2.05, 4.69) is 55.2 Å². The van der Waals surface area contributed by atoms with Crippen molar-refractivity contribution in [1.82, 2.24) is 24.8 Å². The van der Waals surface area contributed by atoms with E-state index in [1.165, 1.54) is 10.4 Å². The SMILES string of the molecule is CN(C)[C@H]1CCN(C(=O)[C@H]2CCc3c(sc4ncnc(Nc5cnc6c(c5)C=NC6)c34)C2)C1. The molecule has 8 nitrogen and oxygen atoms in total. The zero-order chi connectivity index (χ0) is 22.5. The van der Waals surface area contributed by atoms with Crippen LogP contribution in [0.25, 0.3) is 10.2 Å². The highest BCUT2D eigenvalue weighted by molar-refractivity contribution is 7.19. The summed E-state index contributed by atoms with van der Waals surface area (Å²) in [5, 5.41) is 4.55. The van der Waals surface area contributed by atoms with Crippen LogP contribution in [-0.4, -0.2) is 70.1 Å². The molecule has 1 amide bonds. The number of thiophene rings is 1. The Morgan fingerprint density at radius 3 is 3.00 bits per heavy atom. The summed E-state index contributed by atoms with van der Waals surface area (Å²) in [7, 11) is 4.20. The second-order valence-electron chi connectivity index (χ2n) is 9.39. The summed E-state index contributed by atoms with van der Waals surface area (Å²) in [6.07, 6.45) is 8.95. The van der Waals surface area contributed by atoms with Crippen LogP contribution in [0.2, 0.25) is 0 Å². The molecule has 3 aromatic heterocycles. The summed E-state index contributed by atoms with van der Waals surface area (Å²) in [4.78, 5) is 37.7. The van der Waals surface area contributed by atoms with Crippen molar-refractivity contribution in [2.45, 2.75) is 38.3 Å². The third kappa shape index (κ3) is 3.69. The first-order valence-electron chi connectivity index (χ1n) is 11.5. The Balaban J connectivity index is 1.25. The van der Waals surface area contributed by atoms with Crippen LogP contribution in [0.3, 0.4) is 0 Å². The molecule has 3 aromatic rings. The van der Waals surface area contributed by atoms with Crippen molar-refractivity contribution >= 4 is 45.2 Å². The van der Waals surface area contributed by atoms with E-state index < -0.39 is 0 Å². The van der Waals surface area contributed by atoms with Crippen molar-refractivity contribution in [2.75, 3.05) is 32.5 Å². The van der Waals surface area contributed by atoms with Gasteiger partial charge in [-0.05, 0) is 51.4 Å². The molecule has 3 aliphatic rings. The number of aromatic nitrogens is 3. The Labute approximate surface area is 196 Å². The third-order valence-electron chi connectivity index (χ3n) is 7.14. The van der Waals surface area contributed by atoms with E-state index in [1.54, 1.807) is 17.7 Å². The van der Waals surface area contributed by atoms with Gasteiger partial charge in [0.1, 0.15) is 17.0 Å². The monoisotopic (exact) mass is 461 g/mol. The molecule has 0 saturated carbocycles. The van der Waals surface area contributed by atoms with E-state index in [9.17, 15) is 4.79 Å². The average Bonchev–Trinajstić information content (AvgIpc) is 3.55. The van der Waals surface area contributed by atoms with Crippen LogP contribution < -0.4 is 5.32 Å². The molecule has 2 aliphatic heterocycles. The number of hydrogen-bond donors (Lipinski definition) is 1. The number of likely N-dealkylation sites (tertiary alicyclic amines) is 1. The standard InChI is InChI=1S/C24H27N7OS/c1-30(2)17-5-6-31(12-17)24(32)14-3-4-18-20(8-14)33-23-21(18)22(27-13-28-23)29-16-7-15-9-25-11-19(15)26-10-16/h7,9-10,13-14,17H,3-6,8,11-12H2,1-2H3,(H,27,28,29)/t14-,17-/m0/s1. The number of hydrogen-bond acceptors (Lipinski definition) is 8. The molecule has 1 N–H and O–H groups in total. The van der Waals surface area contributed by atoms with Crippen molar-refractivity contribution in [3.63, 3.8) is 0 Å². The molecule has 2 atom stereocenters. The van der Waals surface area contributed by atoms with Gasteiger partial charge in [-0.3, -0.25) is 14.8 Å². The van der Waals surface area contributed by atoms with Gasteiger partial charge >= 0.3 is 0 Å². The Morgan fingerprint density at radius 2 is 2.15 bits per heavy atom. The molecule has 0 bridgehead atoms. The summed E-state index contributed by atoms with van der Waals surface area (Å²) in [5.74, 6) is 1.20. The third-order valence-corrected chi connectivity index (χ3v) is 8.30. The van der Waals surface area contributed by atoms with Gasteiger partial charge < -0.3 is 15.1 Å². The Kier molecular flexibility index (Phi) is 5.10. The van der Waals surface area contributed by atoms with E-state index in [4.69, 9.17) is 0 Å². The summed E-state index contributed by atoms with van der Waals surface area (Å²) in [6.45, 7) is 2.37. The largest absolute Gasteiger partial charge is 0.341 e. The Hall–Kier alpha value is -2.91. The highest BCUT2D eigenvalue weighted by Crippen LogP contribution is 2.41. The fourth-order valence-electron chi connectivity index (χ4n) is 5.23. The van der Waals surface area contributed by atoms with Crippen LogP contribution in [0, 0.1) is 5.92 Å². The first-order chi connectivity index (χ1) is 16.1. The number of amides is 1. The molecular formula is C24H27N7OS. The normalized spacial score (nSPS) is 21.6. The molecule has 0 spiro atoms. The Morgan fingerprint density at radius 1 is 1.24 bits per heavy atom. The van der Waals surface area contributed by atoms with Gasteiger partial charge in [-0.2, -0.15) is 0 Å². The van der Waals surface area contributed by atoms with Crippen LogP contribution in [-0.2, 0) is 24.2 Å². The van der Waals surface area contributed by atoms with Gasteiger partial charge in [0.15, 0.2) is 0 Å². The molecule has 1 fully saturated rings. The minimum Gasteiger partial charge on any atom is -0.341 e. The van der Waals surface area contributed by atoms with Crippen LogP contribution in [0.1, 0.15) is 34.5 Å². The van der Waals surface area contributed by atoms with Crippen LogP contribution in [0.4, 0.5) is 11.5 Å². The number of likely N-dealkylation sites (N-methyl/N-ethyl adjacent to an activating group) is 1. The number of carbonyl (C=O) groups excluding carboxylic acids is 1. The molecule has 0 radical (unpaired) electrons. The van der Waals surface area contributed by atoms with E-state index >= 15 is 0 Å². The molecule has 5 heterocycles. The molecule has 170 valence electrons. The molecule has 1 saturated heterocycles. The van der Waals surface area contributed by atoms with Crippen molar-refractivity contribution in [1.29, 1.82) is 0 Å². The second-order valence-corrected chi connectivity index (χ2v) is 10.5. The number of carbonyl (C=O) groups is 1. The maximum Gasteiger partial charge on any atom is 0.226 e. The smallest absolute Gasteiger partial charge is 0.226 e. The zero-order valence-corrected chi connectivity index (χ0v) is 19.7. The topological polar surface area (TPSA) is 86.6 Å². The zero-order valence-electron chi connectivity index (χ0n) is 18.9. The summed E-state index contributed by atoms with van der Waals surface area (Å²) in [5.41, 5.74) is 4.25. The van der Waals surface area contributed by atoms with Crippen LogP contribution in [0.15, 0.2) is 23.6 Å². The van der Waals surface area contributed by atoms with Crippen LogP contribution >= 0.6 is 11.3 Å². The van der Waals surface area contributed by atoms with E-state index in [1.807, 2.05) is 12.4 Å². The lowest BCUT2D eigenvalue weighted by Crippen LogP contribution is -2.39. The number of aryl methyl sites for hydroxylation is 1. The summed E-state index contributed by atoms with van der Waals surface area (Å²) in [6, 6.07) is 2.54. The quantitative estimate of drug-likeness (QED) is 0.643. The lowest BCUT2D eigenvalue weighted by molar-refractivity contribution is -0.134.